The lowest BCUT2D eigenvalue weighted by Gasteiger charge is -2.26. The van der Waals surface area contributed by atoms with Crippen molar-refractivity contribution in [2.75, 3.05) is 33.4 Å². The monoisotopic (exact) mass is 455 g/mol. The Morgan fingerprint density at radius 1 is 1.03 bits per heavy atom. The highest BCUT2D eigenvalue weighted by Crippen LogP contribution is 2.29. The number of carbonyl (C=O) groups excluding carboxylic acids is 1. The van der Waals surface area contributed by atoms with Gasteiger partial charge in [-0.3, -0.25) is 4.79 Å². The van der Waals surface area contributed by atoms with Gasteiger partial charge in [-0.1, -0.05) is 48.5 Å². The highest BCUT2D eigenvalue weighted by molar-refractivity contribution is 7.89. The van der Waals surface area contributed by atoms with Gasteiger partial charge in [-0.2, -0.15) is 4.31 Å². The van der Waals surface area contributed by atoms with E-state index in [9.17, 15) is 13.2 Å². The van der Waals surface area contributed by atoms with E-state index in [1.54, 1.807) is 12.1 Å². The average Bonchev–Trinajstić information content (AvgIpc) is 2.83. The van der Waals surface area contributed by atoms with Gasteiger partial charge in [-0.25, -0.2) is 8.42 Å². The fourth-order valence-corrected chi connectivity index (χ4v) is 5.37. The first-order valence-corrected chi connectivity index (χ1v) is 11.8. The highest BCUT2D eigenvalue weighted by Gasteiger charge is 2.29. The number of carbonyl (C=O) groups is 1. The number of hydrogen-bond acceptors (Lipinski definition) is 6. The molecule has 0 spiro atoms. The minimum Gasteiger partial charge on any atom is -0.495 e. The van der Waals surface area contributed by atoms with Crippen LogP contribution in [0.15, 0.2) is 65.6 Å². The molecule has 168 valence electrons. The van der Waals surface area contributed by atoms with E-state index in [2.05, 4.69) is 0 Å². The van der Waals surface area contributed by atoms with Crippen molar-refractivity contribution in [1.29, 1.82) is 0 Å². The minimum absolute atomic E-state index is 0.0413. The largest absolute Gasteiger partial charge is 0.495 e. The molecule has 0 radical (unpaired) electrons. The van der Waals surface area contributed by atoms with Crippen molar-refractivity contribution in [2.24, 2.45) is 0 Å². The first-order chi connectivity index (χ1) is 15.5. The lowest BCUT2D eigenvalue weighted by molar-refractivity contribution is -0.144. The maximum Gasteiger partial charge on any atom is 0.310 e. The summed E-state index contributed by atoms with van der Waals surface area (Å²) in [6, 6.07) is 18.5. The molecular formula is C24H25NO6S. The quantitative estimate of drug-likeness (QED) is 0.509. The Hall–Kier alpha value is -2.94. The summed E-state index contributed by atoms with van der Waals surface area (Å²) in [5.74, 6) is -0.192. The zero-order chi connectivity index (χ0) is 22.6. The van der Waals surface area contributed by atoms with Gasteiger partial charge < -0.3 is 14.2 Å². The van der Waals surface area contributed by atoms with Crippen molar-refractivity contribution < 1.29 is 27.4 Å². The first-order valence-electron chi connectivity index (χ1n) is 10.4. The molecule has 8 heteroatoms. The summed E-state index contributed by atoms with van der Waals surface area (Å²) < 4.78 is 43.6. The molecule has 32 heavy (non-hydrogen) atoms. The number of morpholine rings is 1. The predicted octanol–water partition coefficient (Wildman–Crippen LogP) is 3.16. The second kappa shape index (κ2) is 9.68. The number of methoxy groups -OCH3 is 1. The predicted molar refractivity (Wildman–Crippen MR) is 120 cm³/mol. The van der Waals surface area contributed by atoms with Gasteiger partial charge in [0.2, 0.25) is 10.0 Å². The smallest absolute Gasteiger partial charge is 0.310 e. The van der Waals surface area contributed by atoms with Crippen LogP contribution >= 0.6 is 0 Å². The summed E-state index contributed by atoms with van der Waals surface area (Å²) >= 11 is 0. The number of esters is 1. The van der Waals surface area contributed by atoms with Crippen LogP contribution in [0.3, 0.4) is 0 Å². The van der Waals surface area contributed by atoms with Crippen LogP contribution in [0.25, 0.3) is 10.8 Å². The summed E-state index contributed by atoms with van der Waals surface area (Å²) in [6.45, 7) is 1.41. The number of sulfonamides is 1. The molecule has 0 bridgehead atoms. The van der Waals surface area contributed by atoms with Crippen LogP contribution in [0.1, 0.15) is 11.1 Å². The van der Waals surface area contributed by atoms with Gasteiger partial charge in [0, 0.05) is 13.1 Å². The van der Waals surface area contributed by atoms with Crippen LogP contribution in [0.2, 0.25) is 0 Å². The zero-order valence-corrected chi connectivity index (χ0v) is 18.6. The molecule has 0 unspecified atom stereocenters. The van der Waals surface area contributed by atoms with Gasteiger partial charge in [-0.05, 0) is 34.0 Å². The zero-order valence-electron chi connectivity index (χ0n) is 17.8. The Kier molecular flexibility index (Phi) is 6.74. The number of ether oxygens (including phenoxy) is 3. The van der Waals surface area contributed by atoms with Crippen molar-refractivity contribution in [1.82, 2.24) is 4.31 Å². The third-order valence-corrected chi connectivity index (χ3v) is 7.35. The van der Waals surface area contributed by atoms with Crippen molar-refractivity contribution in [3.05, 3.63) is 71.8 Å². The normalized spacial score (nSPS) is 14.9. The van der Waals surface area contributed by atoms with E-state index in [-0.39, 0.29) is 36.8 Å². The number of fused-ring (bicyclic) bond motifs is 1. The Morgan fingerprint density at radius 2 is 1.78 bits per heavy atom. The topological polar surface area (TPSA) is 82.1 Å². The fourth-order valence-electron chi connectivity index (χ4n) is 3.75. The summed E-state index contributed by atoms with van der Waals surface area (Å²) in [5, 5.41) is 2.11. The molecule has 0 atom stereocenters. The SMILES string of the molecule is COc1ccc(CC(=O)OCc2cccc3ccccc23)cc1S(=O)(=O)N1CCOCC1. The van der Waals surface area contributed by atoms with Gasteiger partial charge in [0.25, 0.3) is 0 Å². The van der Waals surface area contributed by atoms with Gasteiger partial charge in [0.1, 0.15) is 17.3 Å². The Bertz CT molecular complexity index is 1210. The Morgan fingerprint density at radius 3 is 2.56 bits per heavy atom. The number of rotatable bonds is 7. The molecule has 1 aliphatic heterocycles. The third kappa shape index (κ3) is 4.77. The van der Waals surface area contributed by atoms with Gasteiger partial charge in [-0.15, -0.1) is 0 Å². The molecule has 1 aliphatic rings. The molecule has 0 N–H and O–H groups in total. The molecule has 3 aromatic carbocycles. The summed E-state index contributed by atoms with van der Waals surface area (Å²) in [7, 11) is -2.34. The minimum atomic E-state index is -3.77. The van der Waals surface area contributed by atoms with E-state index in [0.717, 1.165) is 16.3 Å². The van der Waals surface area contributed by atoms with E-state index in [1.165, 1.54) is 17.5 Å². The summed E-state index contributed by atoms with van der Waals surface area (Å²) in [5.41, 5.74) is 1.46. The van der Waals surface area contributed by atoms with Crippen LogP contribution in [0.5, 0.6) is 5.75 Å². The molecule has 7 nitrogen and oxygen atoms in total. The van der Waals surface area contributed by atoms with Crippen molar-refractivity contribution in [2.45, 2.75) is 17.9 Å². The van der Waals surface area contributed by atoms with Crippen LogP contribution in [0.4, 0.5) is 0 Å². The third-order valence-electron chi connectivity index (χ3n) is 5.43. The summed E-state index contributed by atoms with van der Waals surface area (Å²) in [6.07, 6.45) is -0.0413. The molecule has 0 saturated carbocycles. The second-order valence-corrected chi connectivity index (χ2v) is 9.38. The molecule has 0 aliphatic carbocycles. The first kappa shape index (κ1) is 22.3. The Labute approximate surface area is 187 Å². The van der Waals surface area contributed by atoms with Crippen molar-refractivity contribution in [3.8, 4) is 5.75 Å². The van der Waals surface area contributed by atoms with Crippen LogP contribution in [-0.4, -0.2) is 52.1 Å². The number of hydrogen-bond donors (Lipinski definition) is 0. The van der Waals surface area contributed by atoms with Crippen molar-refractivity contribution >= 4 is 26.8 Å². The number of benzene rings is 3. The fraction of sp³-hybridized carbons (Fsp3) is 0.292. The van der Waals surface area contributed by atoms with Gasteiger partial charge in [0.15, 0.2) is 0 Å². The molecule has 3 aromatic rings. The molecule has 1 fully saturated rings. The number of nitrogens with zero attached hydrogens (tertiary/aromatic N) is 1. The molecular weight excluding hydrogens is 430 g/mol. The maximum atomic E-state index is 13.1. The molecule has 1 heterocycles. The van der Waals surface area contributed by atoms with E-state index in [4.69, 9.17) is 14.2 Å². The van der Waals surface area contributed by atoms with Gasteiger partial charge in [0.05, 0.1) is 26.7 Å². The Balaban J connectivity index is 1.49. The lowest BCUT2D eigenvalue weighted by atomic mass is 10.1. The van der Waals surface area contributed by atoms with E-state index < -0.39 is 16.0 Å². The van der Waals surface area contributed by atoms with Crippen molar-refractivity contribution in [3.63, 3.8) is 0 Å². The second-order valence-electron chi connectivity index (χ2n) is 7.48. The molecule has 1 saturated heterocycles. The average molecular weight is 456 g/mol. The lowest BCUT2D eigenvalue weighted by Crippen LogP contribution is -2.40. The van der Waals surface area contributed by atoms with Crippen LogP contribution in [0, 0.1) is 0 Å². The van der Waals surface area contributed by atoms with E-state index in [1.807, 2.05) is 42.5 Å². The standard InChI is InChI=1S/C24H25NO6S/c1-29-22-10-9-18(15-23(22)32(27,28)25-11-13-30-14-12-25)16-24(26)31-17-20-7-4-6-19-5-2-3-8-21(19)20/h2-10,15H,11-14,16-17H2,1H3. The highest BCUT2D eigenvalue weighted by atomic mass is 32.2. The summed E-state index contributed by atoms with van der Waals surface area (Å²) in [4.78, 5) is 12.6. The van der Waals surface area contributed by atoms with Gasteiger partial charge >= 0.3 is 5.97 Å². The maximum absolute atomic E-state index is 13.1. The van der Waals surface area contributed by atoms with E-state index in [0.29, 0.717) is 18.8 Å². The molecule has 0 amide bonds. The van der Waals surface area contributed by atoms with Crippen LogP contribution < -0.4 is 4.74 Å². The van der Waals surface area contributed by atoms with E-state index >= 15 is 0 Å². The molecule has 0 aromatic heterocycles. The van der Waals surface area contributed by atoms with Crippen LogP contribution in [-0.2, 0) is 37.3 Å². The molecule has 4 rings (SSSR count).